The first-order valence-corrected chi connectivity index (χ1v) is 8.76. The molecule has 0 aliphatic rings. The van der Waals surface area contributed by atoms with Crippen LogP contribution in [0, 0.1) is 6.92 Å². The summed E-state index contributed by atoms with van der Waals surface area (Å²) in [4.78, 5) is 23.7. The van der Waals surface area contributed by atoms with Crippen LogP contribution in [0.3, 0.4) is 0 Å². The predicted molar refractivity (Wildman–Crippen MR) is 100 cm³/mol. The molecule has 0 aliphatic heterocycles. The highest BCUT2D eigenvalue weighted by molar-refractivity contribution is 6.19. The maximum absolute atomic E-state index is 11.9. The van der Waals surface area contributed by atoms with E-state index in [4.69, 9.17) is 19.0 Å². The van der Waals surface area contributed by atoms with Gasteiger partial charge in [-0.1, -0.05) is 0 Å². The van der Waals surface area contributed by atoms with Crippen LogP contribution in [0.1, 0.15) is 31.4 Å². The number of aliphatic hydroxyl groups excluding tert-OH is 2. The standard InChI is InChI=1S/C19H19N3O6/c1-8(2)26-19(25)28-17-9(3)14-11(6-20-17)21-10-4-5-13-16(15(10)14)22-18(27-13)12(24)7-23/h4-6,8,12,21,23-24H,7H2,1-3H3. The number of carbonyl (C=O) groups is 1. The molecule has 4 aromatic rings. The Morgan fingerprint density at radius 1 is 1.29 bits per heavy atom. The number of rotatable bonds is 4. The van der Waals surface area contributed by atoms with Gasteiger partial charge in [0.25, 0.3) is 0 Å². The first kappa shape index (κ1) is 18.2. The second-order valence-corrected chi connectivity index (χ2v) is 6.71. The van der Waals surface area contributed by atoms with Crippen LogP contribution < -0.4 is 4.74 Å². The van der Waals surface area contributed by atoms with Crippen molar-refractivity contribution in [2.45, 2.75) is 33.0 Å². The zero-order valence-electron chi connectivity index (χ0n) is 15.5. The molecule has 1 aromatic carbocycles. The molecule has 1 unspecified atom stereocenters. The van der Waals surface area contributed by atoms with Gasteiger partial charge in [0, 0.05) is 21.9 Å². The lowest BCUT2D eigenvalue weighted by Crippen LogP contribution is -2.16. The Labute approximate surface area is 158 Å². The molecule has 0 saturated carbocycles. The SMILES string of the molecule is Cc1c(OC(=O)OC(C)C)ncc2[nH]c3ccc4oc(C(O)CO)nc4c3c12. The fourth-order valence-electron chi connectivity index (χ4n) is 3.14. The van der Waals surface area contributed by atoms with Crippen molar-refractivity contribution in [2.75, 3.05) is 6.61 Å². The van der Waals surface area contributed by atoms with Crippen molar-refractivity contribution in [3.05, 3.63) is 29.8 Å². The lowest BCUT2D eigenvalue weighted by atomic mass is 10.1. The Morgan fingerprint density at radius 3 is 2.79 bits per heavy atom. The summed E-state index contributed by atoms with van der Waals surface area (Å²) in [5, 5.41) is 20.5. The molecule has 28 heavy (non-hydrogen) atoms. The monoisotopic (exact) mass is 385 g/mol. The van der Waals surface area contributed by atoms with Crippen molar-refractivity contribution in [1.29, 1.82) is 0 Å². The minimum absolute atomic E-state index is 0.0306. The summed E-state index contributed by atoms with van der Waals surface area (Å²) in [6, 6.07) is 3.55. The molecule has 3 N–H and O–H groups in total. The number of nitrogens with zero attached hydrogens (tertiary/aromatic N) is 2. The van der Waals surface area contributed by atoms with Crippen molar-refractivity contribution in [3.63, 3.8) is 0 Å². The van der Waals surface area contributed by atoms with Gasteiger partial charge < -0.3 is 29.1 Å². The molecule has 0 saturated heterocycles. The van der Waals surface area contributed by atoms with Crippen molar-refractivity contribution in [2.24, 2.45) is 0 Å². The van der Waals surface area contributed by atoms with Crippen LogP contribution in [0.25, 0.3) is 32.9 Å². The number of benzene rings is 1. The summed E-state index contributed by atoms with van der Waals surface area (Å²) in [5.74, 6) is 0.165. The number of ether oxygens (including phenoxy) is 2. The van der Waals surface area contributed by atoms with E-state index >= 15 is 0 Å². The van der Waals surface area contributed by atoms with Gasteiger partial charge in [-0.2, -0.15) is 0 Å². The number of H-pyrrole nitrogens is 1. The molecule has 146 valence electrons. The Bertz CT molecular complexity index is 1190. The van der Waals surface area contributed by atoms with Crippen molar-refractivity contribution in [1.82, 2.24) is 15.0 Å². The predicted octanol–water partition coefficient (Wildman–Crippen LogP) is 3.12. The van der Waals surface area contributed by atoms with Gasteiger partial charge in [-0.25, -0.2) is 14.8 Å². The summed E-state index contributed by atoms with van der Waals surface area (Å²) in [6.07, 6.45) is -0.781. The third-order valence-electron chi connectivity index (χ3n) is 4.34. The Morgan fingerprint density at radius 2 is 2.07 bits per heavy atom. The van der Waals surface area contributed by atoms with E-state index < -0.39 is 18.9 Å². The van der Waals surface area contributed by atoms with Crippen LogP contribution in [0.15, 0.2) is 22.7 Å². The van der Waals surface area contributed by atoms with E-state index in [1.165, 1.54) is 0 Å². The molecule has 1 atom stereocenters. The Balaban J connectivity index is 1.91. The Kier molecular flexibility index (Phi) is 4.40. The molecular formula is C19H19N3O6. The molecule has 3 heterocycles. The second kappa shape index (κ2) is 6.77. The number of hydrogen-bond donors (Lipinski definition) is 3. The van der Waals surface area contributed by atoms with Gasteiger partial charge in [0.05, 0.1) is 24.4 Å². The number of aryl methyl sites for hydroxylation is 1. The zero-order chi connectivity index (χ0) is 20.0. The third kappa shape index (κ3) is 2.94. The number of aromatic amines is 1. The Hall–Kier alpha value is -3.17. The van der Waals surface area contributed by atoms with E-state index in [9.17, 15) is 9.90 Å². The van der Waals surface area contributed by atoms with E-state index in [1.54, 1.807) is 33.0 Å². The number of hydrogen-bond acceptors (Lipinski definition) is 8. The fraction of sp³-hybridized carbons (Fsp3) is 0.316. The fourth-order valence-corrected chi connectivity index (χ4v) is 3.14. The minimum Gasteiger partial charge on any atom is -0.438 e. The number of pyridine rings is 1. The number of aromatic nitrogens is 3. The third-order valence-corrected chi connectivity index (χ3v) is 4.34. The highest BCUT2D eigenvalue weighted by atomic mass is 16.7. The largest absolute Gasteiger partial charge is 0.515 e. The van der Waals surface area contributed by atoms with Crippen molar-refractivity contribution >= 4 is 39.1 Å². The first-order chi connectivity index (χ1) is 13.4. The lowest BCUT2D eigenvalue weighted by Gasteiger charge is -2.09. The highest BCUT2D eigenvalue weighted by Crippen LogP contribution is 2.36. The first-order valence-electron chi connectivity index (χ1n) is 8.76. The van der Waals surface area contributed by atoms with Gasteiger partial charge in [0.1, 0.15) is 5.52 Å². The quantitative estimate of drug-likeness (QED) is 0.457. The van der Waals surface area contributed by atoms with Crippen LogP contribution in [-0.4, -0.2) is 44.0 Å². The number of fused-ring (bicyclic) bond motifs is 5. The summed E-state index contributed by atoms with van der Waals surface area (Å²) in [5.41, 5.74) is 3.14. The smallest absolute Gasteiger partial charge is 0.438 e. The number of aliphatic hydroxyl groups is 2. The van der Waals surface area contributed by atoms with Gasteiger partial charge in [0.15, 0.2) is 11.7 Å². The highest BCUT2D eigenvalue weighted by Gasteiger charge is 2.21. The molecule has 0 fully saturated rings. The minimum atomic E-state index is -1.21. The maximum Gasteiger partial charge on any atom is 0.515 e. The molecule has 4 rings (SSSR count). The molecule has 0 amide bonds. The lowest BCUT2D eigenvalue weighted by molar-refractivity contribution is 0.0714. The van der Waals surface area contributed by atoms with Gasteiger partial charge in [0.2, 0.25) is 11.8 Å². The molecule has 0 radical (unpaired) electrons. The van der Waals surface area contributed by atoms with E-state index in [0.717, 1.165) is 21.8 Å². The van der Waals surface area contributed by atoms with Crippen molar-refractivity contribution in [3.8, 4) is 5.88 Å². The van der Waals surface area contributed by atoms with Crippen LogP contribution in [0.2, 0.25) is 0 Å². The van der Waals surface area contributed by atoms with E-state index in [1.807, 2.05) is 6.07 Å². The number of oxazole rings is 1. The maximum atomic E-state index is 11.9. The van der Waals surface area contributed by atoms with E-state index in [-0.39, 0.29) is 17.9 Å². The molecule has 3 aromatic heterocycles. The summed E-state index contributed by atoms with van der Waals surface area (Å²) in [7, 11) is 0. The van der Waals surface area contributed by atoms with Gasteiger partial charge in [-0.05, 0) is 32.9 Å². The van der Waals surface area contributed by atoms with Gasteiger partial charge in [-0.3, -0.25) is 0 Å². The van der Waals surface area contributed by atoms with E-state index in [0.29, 0.717) is 16.7 Å². The number of carbonyl (C=O) groups excluding carboxylic acids is 1. The molecule has 9 nitrogen and oxygen atoms in total. The topological polar surface area (TPSA) is 131 Å². The number of nitrogens with one attached hydrogen (secondary N) is 1. The summed E-state index contributed by atoms with van der Waals surface area (Å²) >= 11 is 0. The molecule has 0 spiro atoms. The van der Waals surface area contributed by atoms with E-state index in [2.05, 4.69) is 15.0 Å². The molecule has 0 aliphatic carbocycles. The summed E-state index contributed by atoms with van der Waals surface area (Å²) in [6.45, 7) is 4.74. The van der Waals surface area contributed by atoms with Gasteiger partial charge in [-0.15, -0.1) is 0 Å². The van der Waals surface area contributed by atoms with Crippen LogP contribution in [-0.2, 0) is 4.74 Å². The van der Waals surface area contributed by atoms with Crippen LogP contribution >= 0.6 is 0 Å². The van der Waals surface area contributed by atoms with Crippen LogP contribution in [0.4, 0.5) is 4.79 Å². The van der Waals surface area contributed by atoms with Crippen LogP contribution in [0.5, 0.6) is 5.88 Å². The molecule has 9 heteroatoms. The summed E-state index contributed by atoms with van der Waals surface area (Å²) < 4.78 is 15.8. The van der Waals surface area contributed by atoms with Gasteiger partial charge >= 0.3 is 6.16 Å². The average Bonchev–Trinajstić information content (AvgIpc) is 3.23. The van der Waals surface area contributed by atoms with Crippen molar-refractivity contribution < 1.29 is 28.9 Å². The molecule has 0 bridgehead atoms. The average molecular weight is 385 g/mol. The zero-order valence-corrected chi connectivity index (χ0v) is 15.5. The normalized spacial score (nSPS) is 12.9. The molecular weight excluding hydrogens is 366 g/mol. The second-order valence-electron chi connectivity index (χ2n) is 6.71.